The maximum Gasteiger partial charge on any atom is 0.179 e. The van der Waals surface area contributed by atoms with Crippen molar-refractivity contribution in [3.63, 3.8) is 0 Å². The summed E-state index contributed by atoms with van der Waals surface area (Å²) in [6, 6.07) is 3.15. The molecule has 2 rings (SSSR count). The molecule has 2 aromatic rings. The third-order valence-corrected chi connectivity index (χ3v) is 4.34. The van der Waals surface area contributed by atoms with Crippen molar-refractivity contribution in [2.45, 2.75) is 18.4 Å². The molecular weight excluding hydrogens is 270 g/mol. The van der Waals surface area contributed by atoms with E-state index in [0.29, 0.717) is 12.4 Å². The lowest BCUT2D eigenvalue weighted by Gasteiger charge is -2.07. The molecule has 0 aliphatic carbocycles. The number of hydrogen-bond donors (Lipinski definition) is 1. The first kappa shape index (κ1) is 13.0. The van der Waals surface area contributed by atoms with Gasteiger partial charge in [-0.3, -0.25) is 0 Å². The van der Waals surface area contributed by atoms with Gasteiger partial charge in [0.15, 0.2) is 9.84 Å². The van der Waals surface area contributed by atoms with Crippen LogP contribution < -0.4 is 5.32 Å². The first-order chi connectivity index (χ1) is 8.47. The van der Waals surface area contributed by atoms with Crippen molar-refractivity contribution in [2.75, 3.05) is 11.6 Å². The number of nitrogens with zero attached hydrogens (tertiary/aromatic N) is 2. The molecule has 1 N–H and O–H groups in total. The van der Waals surface area contributed by atoms with E-state index in [-0.39, 0.29) is 4.90 Å². The minimum atomic E-state index is -3.27. The molecule has 96 valence electrons. The zero-order valence-corrected chi connectivity index (χ0v) is 11.7. The standard InChI is InChI=1S/C11H13N3O2S2/c1-8-7-17-10(14-8)6-13-11-9(18(2,15)16)4-3-5-12-11/h3-5,7H,6H2,1-2H3,(H,12,13). The fourth-order valence-electron chi connectivity index (χ4n) is 1.47. The molecule has 2 aromatic heterocycles. The van der Waals surface area contributed by atoms with Crippen LogP contribution in [0.15, 0.2) is 28.6 Å². The van der Waals surface area contributed by atoms with Crippen molar-refractivity contribution < 1.29 is 8.42 Å². The molecule has 0 spiro atoms. The Morgan fingerprint density at radius 1 is 1.44 bits per heavy atom. The van der Waals surface area contributed by atoms with Gasteiger partial charge >= 0.3 is 0 Å². The van der Waals surface area contributed by atoms with Gasteiger partial charge in [0.25, 0.3) is 0 Å². The van der Waals surface area contributed by atoms with Gasteiger partial charge in [0, 0.05) is 23.5 Å². The Balaban J connectivity index is 2.20. The van der Waals surface area contributed by atoms with E-state index in [4.69, 9.17) is 0 Å². The van der Waals surface area contributed by atoms with Gasteiger partial charge in [-0.25, -0.2) is 18.4 Å². The molecule has 7 heteroatoms. The first-order valence-electron chi connectivity index (χ1n) is 5.27. The van der Waals surface area contributed by atoms with Crippen molar-refractivity contribution in [3.8, 4) is 0 Å². The van der Waals surface area contributed by atoms with Crippen LogP contribution in [0.3, 0.4) is 0 Å². The van der Waals surface area contributed by atoms with Gasteiger partial charge in [0.05, 0.1) is 6.54 Å². The number of aryl methyl sites for hydroxylation is 1. The molecule has 2 heterocycles. The van der Waals surface area contributed by atoms with Gasteiger partial charge in [0.1, 0.15) is 15.7 Å². The number of sulfone groups is 1. The summed E-state index contributed by atoms with van der Waals surface area (Å²) >= 11 is 1.53. The van der Waals surface area contributed by atoms with E-state index in [0.717, 1.165) is 10.7 Å². The van der Waals surface area contributed by atoms with Gasteiger partial charge < -0.3 is 5.32 Å². The predicted molar refractivity (Wildman–Crippen MR) is 71.5 cm³/mol. The highest BCUT2D eigenvalue weighted by Crippen LogP contribution is 2.19. The lowest BCUT2D eigenvalue weighted by molar-refractivity contribution is 0.601. The number of thiazole rings is 1. The lowest BCUT2D eigenvalue weighted by atomic mass is 10.4. The Bertz CT molecular complexity index is 650. The van der Waals surface area contributed by atoms with Gasteiger partial charge in [-0.15, -0.1) is 11.3 Å². The molecule has 0 radical (unpaired) electrons. The Kier molecular flexibility index (Phi) is 3.63. The number of pyridine rings is 1. The number of hydrogen-bond acceptors (Lipinski definition) is 6. The van der Waals surface area contributed by atoms with E-state index in [1.54, 1.807) is 12.3 Å². The van der Waals surface area contributed by atoms with Gasteiger partial charge in [-0.1, -0.05) is 0 Å². The van der Waals surface area contributed by atoms with E-state index < -0.39 is 9.84 Å². The number of rotatable bonds is 4. The molecule has 0 aromatic carbocycles. The topological polar surface area (TPSA) is 72.0 Å². The molecule has 0 amide bonds. The minimum absolute atomic E-state index is 0.207. The number of aromatic nitrogens is 2. The van der Waals surface area contributed by atoms with Crippen LogP contribution in [0, 0.1) is 6.92 Å². The average Bonchev–Trinajstić information content (AvgIpc) is 2.72. The second-order valence-electron chi connectivity index (χ2n) is 3.86. The zero-order valence-electron chi connectivity index (χ0n) is 10.0. The Morgan fingerprint density at radius 2 is 2.22 bits per heavy atom. The second kappa shape index (κ2) is 5.03. The molecule has 0 aliphatic rings. The van der Waals surface area contributed by atoms with Crippen molar-refractivity contribution in [2.24, 2.45) is 0 Å². The highest BCUT2D eigenvalue weighted by atomic mass is 32.2. The summed E-state index contributed by atoms with van der Waals surface area (Å²) in [7, 11) is -3.27. The summed E-state index contributed by atoms with van der Waals surface area (Å²) in [4.78, 5) is 8.56. The Labute approximate surface area is 110 Å². The van der Waals surface area contributed by atoms with Crippen molar-refractivity contribution in [3.05, 3.63) is 34.4 Å². The highest BCUT2D eigenvalue weighted by Gasteiger charge is 2.13. The summed E-state index contributed by atoms with van der Waals surface area (Å²) in [6.45, 7) is 2.39. The zero-order chi connectivity index (χ0) is 13.2. The summed E-state index contributed by atoms with van der Waals surface area (Å²) in [6.07, 6.45) is 2.73. The van der Waals surface area contributed by atoms with Crippen LogP contribution >= 0.6 is 11.3 Å². The van der Waals surface area contributed by atoms with Crippen LogP contribution in [-0.2, 0) is 16.4 Å². The minimum Gasteiger partial charge on any atom is -0.362 e. The SMILES string of the molecule is Cc1csc(CNc2ncccc2S(C)(=O)=O)n1. The van der Waals surface area contributed by atoms with Crippen LogP contribution in [0.2, 0.25) is 0 Å². The van der Waals surface area contributed by atoms with Crippen LogP contribution in [0.4, 0.5) is 5.82 Å². The largest absolute Gasteiger partial charge is 0.362 e. The Hall–Kier alpha value is -1.47. The molecular formula is C11H13N3O2S2. The predicted octanol–water partition coefficient (Wildman–Crippen LogP) is 1.86. The van der Waals surface area contributed by atoms with E-state index >= 15 is 0 Å². The summed E-state index contributed by atoms with van der Waals surface area (Å²) < 4.78 is 23.2. The smallest absolute Gasteiger partial charge is 0.179 e. The van der Waals surface area contributed by atoms with Crippen LogP contribution in [-0.4, -0.2) is 24.6 Å². The second-order valence-corrected chi connectivity index (χ2v) is 6.79. The van der Waals surface area contributed by atoms with Crippen molar-refractivity contribution >= 4 is 27.0 Å². The van der Waals surface area contributed by atoms with Gasteiger partial charge in [-0.2, -0.15) is 0 Å². The van der Waals surface area contributed by atoms with Crippen molar-refractivity contribution in [1.29, 1.82) is 0 Å². The highest BCUT2D eigenvalue weighted by molar-refractivity contribution is 7.90. The third-order valence-electron chi connectivity index (χ3n) is 2.24. The molecule has 18 heavy (non-hydrogen) atoms. The molecule has 0 unspecified atom stereocenters. The molecule has 5 nitrogen and oxygen atoms in total. The van der Waals surface area contributed by atoms with Crippen LogP contribution in [0.25, 0.3) is 0 Å². The maximum absolute atomic E-state index is 11.6. The van der Waals surface area contributed by atoms with Crippen LogP contribution in [0.1, 0.15) is 10.7 Å². The number of anilines is 1. The van der Waals surface area contributed by atoms with Crippen molar-refractivity contribution in [1.82, 2.24) is 9.97 Å². The third kappa shape index (κ3) is 3.05. The monoisotopic (exact) mass is 283 g/mol. The summed E-state index contributed by atoms with van der Waals surface area (Å²) in [5, 5.41) is 5.86. The lowest BCUT2D eigenvalue weighted by Crippen LogP contribution is -2.07. The first-order valence-corrected chi connectivity index (χ1v) is 8.04. The Morgan fingerprint density at radius 3 is 2.83 bits per heavy atom. The van der Waals surface area contributed by atoms with Crippen LogP contribution in [0.5, 0.6) is 0 Å². The summed E-state index contributed by atoms with van der Waals surface area (Å²) in [5.41, 5.74) is 0.959. The molecule has 0 aliphatic heterocycles. The molecule has 0 fully saturated rings. The van der Waals surface area contributed by atoms with E-state index in [2.05, 4.69) is 15.3 Å². The number of nitrogens with one attached hydrogen (secondary N) is 1. The fraction of sp³-hybridized carbons (Fsp3) is 0.273. The molecule has 0 saturated carbocycles. The van der Waals surface area contributed by atoms with E-state index in [1.165, 1.54) is 23.7 Å². The summed E-state index contributed by atoms with van der Waals surface area (Å²) in [5.74, 6) is 0.368. The molecule has 0 atom stereocenters. The van der Waals surface area contributed by atoms with E-state index in [9.17, 15) is 8.42 Å². The maximum atomic E-state index is 11.6. The normalized spacial score (nSPS) is 11.4. The quantitative estimate of drug-likeness (QED) is 0.927. The molecule has 0 bridgehead atoms. The fourth-order valence-corrected chi connectivity index (χ4v) is 2.98. The van der Waals surface area contributed by atoms with E-state index in [1.807, 2.05) is 12.3 Å². The van der Waals surface area contributed by atoms with Gasteiger partial charge in [0.2, 0.25) is 0 Å². The van der Waals surface area contributed by atoms with Gasteiger partial charge in [-0.05, 0) is 19.1 Å². The molecule has 0 saturated heterocycles. The average molecular weight is 283 g/mol.